The van der Waals surface area contributed by atoms with Crippen LogP contribution in [0.2, 0.25) is 0 Å². The van der Waals surface area contributed by atoms with Crippen LogP contribution in [0.3, 0.4) is 0 Å². The third-order valence-corrected chi connectivity index (χ3v) is 8.08. The number of carbonyl (C=O) groups excluding carboxylic acids is 2. The quantitative estimate of drug-likeness (QED) is 0.334. The molecule has 1 aromatic rings. The lowest BCUT2D eigenvalue weighted by molar-refractivity contribution is -0.434. The molecule has 5 nitrogen and oxygen atoms in total. The van der Waals surface area contributed by atoms with Gasteiger partial charge in [0, 0.05) is 25.7 Å². The van der Waals surface area contributed by atoms with Crippen LogP contribution in [0, 0.1) is 11.8 Å². The van der Waals surface area contributed by atoms with Gasteiger partial charge in [0.05, 0.1) is 0 Å². The van der Waals surface area contributed by atoms with Gasteiger partial charge in [0.1, 0.15) is 10.2 Å². The number of fused-ring (bicyclic) bond motifs is 1. The zero-order valence-corrected chi connectivity index (χ0v) is 22.0. The topological polar surface area (TPSA) is 52.4 Å². The summed E-state index contributed by atoms with van der Waals surface area (Å²) in [6, 6.07) is 8.30. The maximum Gasteiger partial charge on any atom is 0.426 e. The highest BCUT2D eigenvalue weighted by Crippen LogP contribution is 2.33. The summed E-state index contributed by atoms with van der Waals surface area (Å²) < 4.78 is 1.65. The molecule has 3 unspecified atom stereocenters. The Morgan fingerprint density at radius 2 is 1.91 bits per heavy atom. The molecule has 1 N–H and O–H groups in total. The second-order valence-electron chi connectivity index (χ2n) is 10.1. The van der Waals surface area contributed by atoms with Gasteiger partial charge in [-0.25, -0.2) is 4.79 Å². The molecule has 1 aromatic carbocycles. The predicted molar refractivity (Wildman–Crippen MR) is 146 cm³/mol. The van der Waals surface area contributed by atoms with Crippen molar-refractivity contribution in [2.45, 2.75) is 45.3 Å². The molecule has 3 atom stereocenters. The van der Waals surface area contributed by atoms with Gasteiger partial charge >= 0.3 is 5.91 Å². The van der Waals surface area contributed by atoms with Crippen molar-refractivity contribution in [3.63, 3.8) is 0 Å². The van der Waals surface area contributed by atoms with Gasteiger partial charge in [-0.2, -0.15) is 0 Å². The van der Waals surface area contributed by atoms with Crippen LogP contribution >= 0.6 is 11.8 Å². The molecule has 186 valence electrons. The van der Waals surface area contributed by atoms with Crippen LogP contribution in [0.15, 0.2) is 53.5 Å². The zero-order valence-electron chi connectivity index (χ0n) is 21.2. The summed E-state index contributed by atoms with van der Waals surface area (Å²) in [6.07, 6.45) is 13.1. The highest BCUT2D eigenvalue weighted by molar-refractivity contribution is 8.05. The second kappa shape index (κ2) is 12.0. The van der Waals surface area contributed by atoms with E-state index in [1.54, 1.807) is 16.3 Å². The molecule has 1 aliphatic carbocycles. The van der Waals surface area contributed by atoms with Crippen LogP contribution in [0.25, 0.3) is 6.08 Å². The third kappa shape index (κ3) is 6.83. The summed E-state index contributed by atoms with van der Waals surface area (Å²) in [5.74, 6) is 1.27. The number of hydrogen-bond donors (Lipinski definition) is 1. The number of rotatable bonds is 8. The number of hydrogen-bond acceptors (Lipinski definition) is 4. The minimum Gasteiger partial charge on any atom is -0.351 e. The molecule has 2 aliphatic heterocycles. The van der Waals surface area contributed by atoms with E-state index in [0.717, 1.165) is 55.6 Å². The van der Waals surface area contributed by atoms with Crippen LogP contribution in [-0.2, 0) is 16.0 Å². The van der Waals surface area contributed by atoms with Crippen molar-refractivity contribution >= 4 is 35.4 Å². The van der Waals surface area contributed by atoms with Gasteiger partial charge in [0.2, 0.25) is 12.3 Å². The Kier molecular flexibility index (Phi) is 8.79. The number of aryl methyl sites for hydroxylation is 1. The lowest BCUT2D eigenvalue weighted by atomic mass is 9.92. The number of benzene rings is 1. The van der Waals surface area contributed by atoms with Crippen molar-refractivity contribution in [3.05, 3.63) is 64.6 Å². The molecule has 0 aromatic heterocycles. The first-order chi connectivity index (χ1) is 16.9. The first-order valence-electron chi connectivity index (χ1n) is 12.9. The molecule has 2 amide bonds. The van der Waals surface area contributed by atoms with Crippen LogP contribution in [-0.4, -0.2) is 65.0 Å². The number of amides is 2. The summed E-state index contributed by atoms with van der Waals surface area (Å²) in [7, 11) is 0. The van der Waals surface area contributed by atoms with E-state index in [1.807, 2.05) is 24.3 Å². The Bertz CT molecular complexity index is 1040. The number of piperidine rings is 1. The van der Waals surface area contributed by atoms with E-state index >= 15 is 0 Å². The Hall–Kier alpha value is -2.44. The average Bonchev–Trinajstić information content (AvgIpc) is 2.84. The van der Waals surface area contributed by atoms with E-state index in [2.05, 4.69) is 61.3 Å². The monoisotopic (exact) mass is 492 g/mol. The third-order valence-electron chi connectivity index (χ3n) is 6.88. The molecule has 3 aliphatic rings. The highest BCUT2D eigenvalue weighted by Gasteiger charge is 2.39. The molecule has 0 spiro atoms. The smallest absolute Gasteiger partial charge is 0.351 e. The van der Waals surface area contributed by atoms with E-state index in [-0.39, 0.29) is 23.6 Å². The van der Waals surface area contributed by atoms with Gasteiger partial charge < -0.3 is 10.2 Å². The number of allylic oxidation sites excluding steroid dienone is 3. The Labute approximate surface area is 214 Å². The molecule has 4 rings (SSSR count). The summed E-state index contributed by atoms with van der Waals surface area (Å²) >= 11 is 1.55. The fraction of sp³-hybridized carbons (Fsp3) is 0.483. The average molecular weight is 493 g/mol. The summed E-state index contributed by atoms with van der Waals surface area (Å²) in [6.45, 7) is 10.8. The summed E-state index contributed by atoms with van der Waals surface area (Å²) in [5, 5.41) is 3.08. The van der Waals surface area contributed by atoms with Crippen molar-refractivity contribution in [2.24, 2.45) is 11.8 Å². The zero-order chi connectivity index (χ0) is 24.8. The van der Waals surface area contributed by atoms with Gasteiger partial charge in [-0.15, -0.1) is 4.58 Å². The summed E-state index contributed by atoms with van der Waals surface area (Å²) in [4.78, 5) is 29.4. The van der Waals surface area contributed by atoms with E-state index in [0.29, 0.717) is 11.4 Å². The molecular formula is C29H38N3O2S+. The van der Waals surface area contributed by atoms with Gasteiger partial charge in [0.25, 0.3) is 5.91 Å². The number of nitrogens with one attached hydrogen (secondary N) is 1. The Morgan fingerprint density at radius 3 is 2.63 bits per heavy atom. The summed E-state index contributed by atoms with van der Waals surface area (Å²) in [5.41, 5.74) is 3.16. The first-order valence-corrected chi connectivity index (χ1v) is 13.8. The normalized spacial score (nSPS) is 25.7. The molecule has 0 saturated carbocycles. The van der Waals surface area contributed by atoms with Gasteiger partial charge in [-0.3, -0.25) is 4.79 Å². The molecule has 35 heavy (non-hydrogen) atoms. The number of likely N-dealkylation sites (tertiary alicyclic amines) is 1. The van der Waals surface area contributed by atoms with Crippen LogP contribution < -0.4 is 5.32 Å². The van der Waals surface area contributed by atoms with E-state index < -0.39 is 0 Å². The number of thioether (sulfide) groups is 1. The van der Waals surface area contributed by atoms with Crippen molar-refractivity contribution in [1.29, 1.82) is 0 Å². The molecule has 2 heterocycles. The largest absolute Gasteiger partial charge is 0.426 e. The van der Waals surface area contributed by atoms with Crippen LogP contribution in [0.5, 0.6) is 0 Å². The lowest BCUT2D eigenvalue weighted by Crippen LogP contribution is -2.44. The minimum absolute atomic E-state index is 0.0368. The highest BCUT2D eigenvalue weighted by atomic mass is 32.2. The number of carbonyl (C=O) groups is 2. The SMILES string of the molecule is CCc1ccc(/C=C2/SC3C=CC=CC3=[N+](CC(=O)NCCCN3CC(C)CC(C)C3)C2=O)cc1. The molecule has 6 heteroatoms. The van der Waals surface area contributed by atoms with E-state index in [9.17, 15) is 9.59 Å². The van der Waals surface area contributed by atoms with Gasteiger partial charge in [-0.05, 0) is 54.8 Å². The van der Waals surface area contributed by atoms with Crippen LogP contribution in [0.4, 0.5) is 0 Å². The minimum atomic E-state index is -0.105. The van der Waals surface area contributed by atoms with E-state index in [1.165, 1.54) is 12.0 Å². The van der Waals surface area contributed by atoms with Crippen molar-refractivity contribution in [2.75, 3.05) is 32.7 Å². The molecule has 1 fully saturated rings. The van der Waals surface area contributed by atoms with Gasteiger partial charge in [-0.1, -0.05) is 75.0 Å². The fourth-order valence-electron chi connectivity index (χ4n) is 5.26. The Morgan fingerprint density at radius 1 is 1.17 bits per heavy atom. The molecule has 1 saturated heterocycles. The van der Waals surface area contributed by atoms with E-state index in [4.69, 9.17) is 0 Å². The standard InChI is InChI=1S/C29H37N3O2S/c1-4-23-10-12-24(13-11-23)17-27-29(34)32(25-8-5-6-9-26(25)35-27)20-28(33)30-14-7-15-31-18-21(2)16-22(3)19-31/h5-6,8-13,17,21-22,26H,4,7,14-16,18-20H2,1-3H3/p+1/b27-17+. The maximum absolute atomic E-state index is 13.4. The van der Waals surface area contributed by atoms with Crippen molar-refractivity contribution in [3.8, 4) is 0 Å². The molecule has 0 bridgehead atoms. The van der Waals surface area contributed by atoms with Crippen LogP contribution in [0.1, 0.15) is 44.7 Å². The Balaban J connectivity index is 1.38. The lowest BCUT2D eigenvalue weighted by Gasteiger charge is -2.34. The second-order valence-corrected chi connectivity index (χ2v) is 11.3. The van der Waals surface area contributed by atoms with Gasteiger partial charge in [0.15, 0.2) is 0 Å². The van der Waals surface area contributed by atoms with Crippen molar-refractivity contribution < 1.29 is 14.2 Å². The molecular weight excluding hydrogens is 454 g/mol. The van der Waals surface area contributed by atoms with Crippen molar-refractivity contribution in [1.82, 2.24) is 10.2 Å². The maximum atomic E-state index is 13.4. The first kappa shape index (κ1) is 25.6. The number of nitrogens with zero attached hydrogens (tertiary/aromatic N) is 2. The fourth-order valence-corrected chi connectivity index (χ4v) is 6.44. The predicted octanol–water partition coefficient (Wildman–Crippen LogP) is 4.30. The molecule has 0 radical (unpaired) electrons.